The second-order valence-electron chi connectivity index (χ2n) is 9.29. The SMILES string of the molecule is COC(=O)CCCCCN(CCc1ccccc1OCCc1ccccc1)Cc1ccc(C(=O)OC)cc1. The molecule has 6 nitrogen and oxygen atoms in total. The van der Waals surface area contributed by atoms with E-state index in [0.717, 1.165) is 63.1 Å². The van der Waals surface area contributed by atoms with Crippen LogP contribution in [-0.4, -0.2) is 50.8 Å². The van der Waals surface area contributed by atoms with E-state index in [2.05, 4.69) is 41.3 Å². The largest absolute Gasteiger partial charge is 0.493 e. The van der Waals surface area contributed by atoms with Crippen molar-refractivity contribution in [3.8, 4) is 5.75 Å². The molecule has 0 amide bonds. The second-order valence-corrected chi connectivity index (χ2v) is 9.29. The summed E-state index contributed by atoms with van der Waals surface area (Å²) in [6, 6.07) is 26.2. The molecule has 38 heavy (non-hydrogen) atoms. The number of nitrogens with zero attached hydrogens (tertiary/aromatic N) is 1. The van der Waals surface area contributed by atoms with Crippen LogP contribution in [0, 0.1) is 0 Å². The summed E-state index contributed by atoms with van der Waals surface area (Å²) in [7, 11) is 2.82. The molecule has 3 aromatic rings. The number of para-hydroxylation sites is 1. The van der Waals surface area contributed by atoms with Gasteiger partial charge in [-0.05, 0) is 60.7 Å². The van der Waals surface area contributed by atoms with E-state index < -0.39 is 0 Å². The van der Waals surface area contributed by atoms with E-state index in [1.54, 1.807) is 0 Å². The van der Waals surface area contributed by atoms with Gasteiger partial charge in [0.1, 0.15) is 5.75 Å². The minimum atomic E-state index is -0.331. The van der Waals surface area contributed by atoms with Gasteiger partial charge in [0.05, 0.1) is 26.4 Å². The molecule has 0 aromatic heterocycles. The molecule has 0 aliphatic carbocycles. The van der Waals surface area contributed by atoms with E-state index in [1.807, 2.05) is 42.5 Å². The number of hydrogen-bond donors (Lipinski definition) is 0. The van der Waals surface area contributed by atoms with Crippen LogP contribution in [0.4, 0.5) is 0 Å². The predicted molar refractivity (Wildman–Crippen MR) is 149 cm³/mol. The van der Waals surface area contributed by atoms with Crippen LogP contribution in [0.2, 0.25) is 0 Å². The maximum absolute atomic E-state index is 11.8. The molecule has 0 radical (unpaired) electrons. The van der Waals surface area contributed by atoms with Crippen molar-refractivity contribution in [3.05, 3.63) is 101 Å². The molecule has 3 aromatic carbocycles. The monoisotopic (exact) mass is 517 g/mol. The summed E-state index contributed by atoms with van der Waals surface area (Å²) in [6.45, 7) is 3.19. The fraction of sp³-hybridized carbons (Fsp3) is 0.375. The zero-order chi connectivity index (χ0) is 27.0. The fourth-order valence-corrected chi connectivity index (χ4v) is 4.33. The average molecular weight is 518 g/mol. The van der Waals surface area contributed by atoms with Gasteiger partial charge in [0.25, 0.3) is 0 Å². The van der Waals surface area contributed by atoms with E-state index in [-0.39, 0.29) is 11.9 Å². The molecule has 0 saturated carbocycles. The molecule has 6 heteroatoms. The molecular formula is C32H39NO5. The van der Waals surface area contributed by atoms with Crippen LogP contribution >= 0.6 is 0 Å². The first-order valence-corrected chi connectivity index (χ1v) is 13.3. The van der Waals surface area contributed by atoms with Crippen molar-refractivity contribution in [1.82, 2.24) is 4.90 Å². The molecule has 0 saturated heterocycles. The Labute approximate surface area is 226 Å². The quantitative estimate of drug-likeness (QED) is 0.175. The molecule has 0 unspecified atom stereocenters. The normalized spacial score (nSPS) is 10.8. The second kappa shape index (κ2) is 16.3. The Bertz CT molecular complexity index is 1110. The number of carbonyl (C=O) groups excluding carboxylic acids is 2. The number of ether oxygens (including phenoxy) is 3. The van der Waals surface area contributed by atoms with Crippen LogP contribution in [0.1, 0.15) is 52.7 Å². The Hall–Kier alpha value is -3.64. The summed E-state index contributed by atoms with van der Waals surface area (Å²) < 4.78 is 15.7. The number of rotatable bonds is 16. The molecule has 0 spiro atoms. The molecule has 0 N–H and O–H groups in total. The molecule has 0 heterocycles. The van der Waals surface area contributed by atoms with Crippen LogP contribution in [-0.2, 0) is 33.7 Å². The first-order valence-electron chi connectivity index (χ1n) is 13.3. The summed E-state index contributed by atoms with van der Waals surface area (Å²) in [5.74, 6) is 0.447. The number of hydrogen-bond acceptors (Lipinski definition) is 6. The van der Waals surface area contributed by atoms with Gasteiger partial charge in [0.2, 0.25) is 0 Å². The van der Waals surface area contributed by atoms with E-state index in [4.69, 9.17) is 14.2 Å². The van der Waals surface area contributed by atoms with Crippen molar-refractivity contribution < 1.29 is 23.8 Å². The number of carbonyl (C=O) groups is 2. The predicted octanol–water partition coefficient (Wildman–Crippen LogP) is 5.87. The van der Waals surface area contributed by atoms with E-state index in [9.17, 15) is 9.59 Å². The van der Waals surface area contributed by atoms with Crippen molar-refractivity contribution in [2.45, 2.75) is 45.1 Å². The third-order valence-electron chi connectivity index (χ3n) is 6.53. The van der Waals surface area contributed by atoms with E-state index in [1.165, 1.54) is 25.3 Å². The lowest BCUT2D eigenvalue weighted by Crippen LogP contribution is -2.27. The summed E-state index contributed by atoms with van der Waals surface area (Å²) in [5, 5.41) is 0. The molecular weight excluding hydrogens is 478 g/mol. The maximum atomic E-state index is 11.8. The van der Waals surface area contributed by atoms with Crippen molar-refractivity contribution in [1.29, 1.82) is 0 Å². The lowest BCUT2D eigenvalue weighted by molar-refractivity contribution is -0.140. The van der Waals surface area contributed by atoms with Gasteiger partial charge in [-0.25, -0.2) is 4.79 Å². The van der Waals surface area contributed by atoms with Crippen molar-refractivity contribution in [2.75, 3.05) is 33.9 Å². The average Bonchev–Trinajstić information content (AvgIpc) is 2.96. The molecule has 0 aliphatic rings. The highest BCUT2D eigenvalue weighted by Gasteiger charge is 2.11. The van der Waals surface area contributed by atoms with Crippen LogP contribution in [0.5, 0.6) is 5.75 Å². The Morgan fingerprint density at radius 2 is 1.45 bits per heavy atom. The minimum absolute atomic E-state index is 0.156. The highest BCUT2D eigenvalue weighted by atomic mass is 16.5. The summed E-state index contributed by atoms with van der Waals surface area (Å²) in [5.41, 5.74) is 4.14. The standard InChI is InChI=1S/C32H39NO5/c1-36-31(34)15-7-4-10-22-33(25-27-16-18-29(19-17-27)32(35)37-2)23-20-28-13-8-9-14-30(28)38-24-21-26-11-5-3-6-12-26/h3,5-6,8-9,11-14,16-19H,4,7,10,15,20-25H2,1-2H3. The zero-order valence-corrected chi connectivity index (χ0v) is 22.6. The number of benzene rings is 3. The van der Waals surface area contributed by atoms with Gasteiger partial charge < -0.3 is 14.2 Å². The first-order chi connectivity index (χ1) is 18.6. The summed E-state index contributed by atoms with van der Waals surface area (Å²) in [6.07, 6.45) is 4.97. The third-order valence-corrected chi connectivity index (χ3v) is 6.53. The smallest absolute Gasteiger partial charge is 0.337 e. The van der Waals surface area contributed by atoms with Crippen molar-refractivity contribution >= 4 is 11.9 Å². The number of unbranched alkanes of at least 4 members (excludes halogenated alkanes) is 2. The van der Waals surface area contributed by atoms with E-state index >= 15 is 0 Å². The first kappa shape index (κ1) is 28.9. The fourth-order valence-electron chi connectivity index (χ4n) is 4.33. The lowest BCUT2D eigenvalue weighted by Gasteiger charge is -2.23. The Kier molecular flexibility index (Phi) is 12.4. The van der Waals surface area contributed by atoms with Gasteiger partial charge in [0.15, 0.2) is 0 Å². The van der Waals surface area contributed by atoms with Gasteiger partial charge >= 0.3 is 11.9 Å². The molecule has 0 bridgehead atoms. The summed E-state index contributed by atoms with van der Waals surface area (Å²) in [4.78, 5) is 25.6. The van der Waals surface area contributed by atoms with Gasteiger partial charge in [0, 0.05) is 25.9 Å². The topological polar surface area (TPSA) is 65.1 Å². The highest BCUT2D eigenvalue weighted by Crippen LogP contribution is 2.20. The zero-order valence-electron chi connectivity index (χ0n) is 22.6. The minimum Gasteiger partial charge on any atom is -0.493 e. The molecule has 0 atom stereocenters. The molecule has 202 valence electrons. The maximum Gasteiger partial charge on any atom is 0.337 e. The molecule has 0 fully saturated rings. The Balaban J connectivity index is 1.58. The Morgan fingerprint density at radius 1 is 0.711 bits per heavy atom. The molecule has 3 rings (SSSR count). The van der Waals surface area contributed by atoms with Crippen LogP contribution in [0.25, 0.3) is 0 Å². The van der Waals surface area contributed by atoms with Crippen LogP contribution in [0.15, 0.2) is 78.9 Å². The van der Waals surface area contributed by atoms with E-state index in [0.29, 0.717) is 18.6 Å². The Morgan fingerprint density at radius 3 is 2.18 bits per heavy atom. The number of esters is 2. The van der Waals surface area contributed by atoms with Gasteiger partial charge in [-0.1, -0.05) is 67.1 Å². The van der Waals surface area contributed by atoms with Crippen molar-refractivity contribution in [3.63, 3.8) is 0 Å². The van der Waals surface area contributed by atoms with Crippen molar-refractivity contribution in [2.24, 2.45) is 0 Å². The van der Waals surface area contributed by atoms with Crippen LogP contribution < -0.4 is 4.74 Å². The van der Waals surface area contributed by atoms with Gasteiger partial charge in [-0.3, -0.25) is 9.69 Å². The third kappa shape index (κ3) is 10.0. The summed E-state index contributed by atoms with van der Waals surface area (Å²) >= 11 is 0. The highest BCUT2D eigenvalue weighted by molar-refractivity contribution is 5.89. The van der Waals surface area contributed by atoms with Gasteiger partial charge in [-0.15, -0.1) is 0 Å². The lowest BCUT2D eigenvalue weighted by atomic mass is 10.1. The molecule has 0 aliphatic heterocycles. The number of methoxy groups -OCH3 is 2. The van der Waals surface area contributed by atoms with Crippen LogP contribution in [0.3, 0.4) is 0 Å². The van der Waals surface area contributed by atoms with Gasteiger partial charge in [-0.2, -0.15) is 0 Å².